The normalized spacial score (nSPS) is 20.1. The van der Waals surface area contributed by atoms with Crippen LogP contribution in [0.5, 0.6) is 0 Å². The summed E-state index contributed by atoms with van der Waals surface area (Å²) in [6.07, 6.45) is -6.84. The standard InChI is InChI=1S/C26H29ClF6N4O4/c1-14-9-34-11-17(27)19(14)18(38)12-36(13-23(2,3)26(31,32)33)21(39)16-10-35-37(20(16)25(28,29)30)15-5-7-24(4,8-6-15)22(40)41/h9-11,15H,5-8,12-13H2,1-4H3,(H,40,41)/t15-,24-. The van der Waals surface area contributed by atoms with Crippen LogP contribution in [0.1, 0.15) is 84.5 Å². The quantitative estimate of drug-likeness (QED) is 0.275. The lowest BCUT2D eigenvalue weighted by Gasteiger charge is -2.35. The molecule has 1 amide bonds. The Morgan fingerprint density at radius 1 is 1.10 bits per heavy atom. The number of hydrogen-bond donors (Lipinski definition) is 1. The van der Waals surface area contributed by atoms with E-state index in [4.69, 9.17) is 11.6 Å². The third-order valence-electron chi connectivity index (χ3n) is 7.56. The van der Waals surface area contributed by atoms with Crippen molar-refractivity contribution in [3.05, 3.63) is 46.0 Å². The van der Waals surface area contributed by atoms with Crippen LogP contribution in [0.15, 0.2) is 18.6 Å². The SMILES string of the molecule is Cc1cncc(Cl)c1C(=O)CN(CC(C)(C)C(F)(F)F)C(=O)c1cnn([C@H]2CC[C@](C)(C(=O)O)CC2)c1C(F)(F)F. The van der Waals surface area contributed by atoms with E-state index in [-0.39, 0.29) is 41.8 Å². The summed E-state index contributed by atoms with van der Waals surface area (Å²) in [7, 11) is 0. The minimum Gasteiger partial charge on any atom is -0.481 e. The lowest BCUT2D eigenvalue weighted by Crippen LogP contribution is -2.48. The maximum Gasteiger partial charge on any atom is 0.433 e. The minimum absolute atomic E-state index is 0.0182. The van der Waals surface area contributed by atoms with Crippen LogP contribution in [0.25, 0.3) is 0 Å². The van der Waals surface area contributed by atoms with Crippen molar-refractivity contribution in [2.75, 3.05) is 13.1 Å². The Kier molecular flexibility index (Phi) is 8.88. The molecular weight excluding hydrogens is 582 g/mol. The van der Waals surface area contributed by atoms with Gasteiger partial charge < -0.3 is 10.0 Å². The lowest BCUT2D eigenvalue weighted by molar-refractivity contribution is -0.214. The van der Waals surface area contributed by atoms with E-state index in [1.807, 2.05) is 0 Å². The Morgan fingerprint density at radius 3 is 2.17 bits per heavy atom. The van der Waals surface area contributed by atoms with Crippen LogP contribution in [-0.4, -0.2) is 61.7 Å². The number of amides is 1. The number of rotatable bonds is 8. The highest BCUT2D eigenvalue weighted by Crippen LogP contribution is 2.44. The summed E-state index contributed by atoms with van der Waals surface area (Å²) < 4.78 is 85.1. The molecule has 1 aliphatic rings. The molecule has 0 unspecified atom stereocenters. The first kappa shape index (κ1) is 32.4. The summed E-state index contributed by atoms with van der Waals surface area (Å²) in [5, 5.41) is 13.1. The zero-order valence-corrected chi connectivity index (χ0v) is 23.4. The largest absolute Gasteiger partial charge is 0.481 e. The number of ketones is 1. The van der Waals surface area contributed by atoms with Gasteiger partial charge in [0.2, 0.25) is 0 Å². The molecule has 2 aromatic rings. The molecule has 0 bridgehead atoms. The van der Waals surface area contributed by atoms with E-state index in [0.717, 1.165) is 20.0 Å². The molecule has 1 N–H and O–H groups in total. The van der Waals surface area contributed by atoms with Gasteiger partial charge in [0.05, 0.1) is 40.2 Å². The summed E-state index contributed by atoms with van der Waals surface area (Å²) in [6.45, 7) is 2.35. The van der Waals surface area contributed by atoms with E-state index >= 15 is 0 Å². The first-order valence-corrected chi connectivity index (χ1v) is 12.9. The molecule has 2 aromatic heterocycles. The van der Waals surface area contributed by atoms with Crippen molar-refractivity contribution in [2.24, 2.45) is 10.8 Å². The fourth-order valence-electron chi connectivity index (χ4n) is 4.85. The predicted octanol–water partition coefficient (Wildman–Crippen LogP) is 6.38. The van der Waals surface area contributed by atoms with Crippen LogP contribution < -0.4 is 0 Å². The number of pyridine rings is 1. The number of hydrogen-bond acceptors (Lipinski definition) is 5. The van der Waals surface area contributed by atoms with Gasteiger partial charge in [-0.25, -0.2) is 0 Å². The van der Waals surface area contributed by atoms with Crippen molar-refractivity contribution in [3.63, 3.8) is 0 Å². The smallest absolute Gasteiger partial charge is 0.433 e. The van der Waals surface area contributed by atoms with Gasteiger partial charge in [0.25, 0.3) is 5.91 Å². The number of carbonyl (C=O) groups is 3. The van der Waals surface area contributed by atoms with Crippen LogP contribution in [0.2, 0.25) is 5.02 Å². The summed E-state index contributed by atoms with van der Waals surface area (Å²) in [5.74, 6) is -3.44. The van der Waals surface area contributed by atoms with Crippen molar-refractivity contribution < 1.29 is 45.8 Å². The fourth-order valence-corrected chi connectivity index (χ4v) is 5.16. The van der Waals surface area contributed by atoms with Gasteiger partial charge in [-0.05, 0) is 58.9 Å². The molecule has 1 aliphatic carbocycles. The molecule has 2 heterocycles. The third-order valence-corrected chi connectivity index (χ3v) is 7.85. The molecular formula is C26H29ClF6N4O4. The maximum absolute atomic E-state index is 14.4. The Balaban J connectivity index is 2.05. The molecule has 1 fully saturated rings. The number of aryl methyl sites for hydroxylation is 1. The predicted molar refractivity (Wildman–Crippen MR) is 135 cm³/mol. The van der Waals surface area contributed by atoms with Crippen molar-refractivity contribution in [1.29, 1.82) is 0 Å². The van der Waals surface area contributed by atoms with E-state index < -0.39 is 71.2 Å². The molecule has 3 rings (SSSR count). The van der Waals surface area contributed by atoms with E-state index in [1.165, 1.54) is 20.0 Å². The highest BCUT2D eigenvalue weighted by atomic mass is 35.5. The van der Waals surface area contributed by atoms with Crippen LogP contribution in [0, 0.1) is 17.8 Å². The zero-order chi connectivity index (χ0) is 31.1. The van der Waals surface area contributed by atoms with Gasteiger partial charge in [-0.2, -0.15) is 31.4 Å². The second-order valence-corrected chi connectivity index (χ2v) is 11.6. The lowest BCUT2D eigenvalue weighted by atomic mass is 9.74. The Hall–Kier alpha value is -3.16. The Morgan fingerprint density at radius 2 is 1.68 bits per heavy atom. The molecule has 0 spiro atoms. The Labute approximate surface area is 236 Å². The number of carboxylic acid groups (broad SMARTS) is 1. The van der Waals surface area contributed by atoms with Crippen LogP contribution >= 0.6 is 11.6 Å². The molecule has 0 aromatic carbocycles. The fraction of sp³-hybridized carbons (Fsp3) is 0.577. The maximum atomic E-state index is 14.4. The minimum atomic E-state index is -5.14. The average Bonchev–Trinajstić information content (AvgIpc) is 3.28. The van der Waals surface area contributed by atoms with E-state index in [2.05, 4.69) is 10.1 Å². The van der Waals surface area contributed by atoms with Crippen molar-refractivity contribution >= 4 is 29.3 Å². The van der Waals surface area contributed by atoms with Crippen molar-refractivity contribution in [1.82, 2.24) is 19.7 Å². The molecule has 0 atom stereocenters. The Bertz CT molecular complexity index is 1310. The highest BCUT2D eigenvalue weighted by molar-refractivity contribution is 6.34. The highest BCUT2D eigenvalue weighted by Gasteiger charge is 2.50. The first-order valence-electron chi connectivity index (χ1n) is 12.6. The van der Waals surface area contributed by atoms with E-state index in [1.54, 1.807) is 0 Å². The zero-order valence-electron chi connectivity index (χ0n) is 22.7. The van der Waals surface area contributed by atoms with Gasteiger partial charge in [0.1, 0.15) is 0 Å². The monoisotopic (exact) mass is 610 g/mol. The van der Waals surface area contributed by atoms with Crippen LogP contribution in [0.4, 0.5) is 26.3 Å². The number of Topliss-reactive ketones (excluding diaryl/α,β-unsaturated/α-hetero) is 1. The van der Waals surface area contributed by atoms with Crippen LogP contribution in [0.3, 0.4) is 0 Å². The number of carboxylic acids is 1. The number of halogens is 7. The summed E-state index contributed by atoms with van der Waals surface area (Å²) in [6, 6.07) is -0.902. The molecule has 1 saturated carbocycles. The topological polar surface area (TPSA) is 105 Å². The second kappa shape index (κ2) is 11.3. The second-order valence-electron chi connectivity index (χ2n) is 11.2. The van der Waals surface area contributed by atoms with Crippen molar-refractivity contribution in [2.45, 2.75) is 71.8 Å². The van der Waals surface area contributed by atoms with Gasteiger partial charge in [-0.1, -0.05) is 11.6 Å². The van der Waals surface area contributed by atoms with Gasteiger partial charge >= 0.3 is 18.3 Å². The summed E-state index contributed by atoms with van der Waals surface area (Å²) in [4.78, 5) is 42.5. The van der Waals surface area contributed by atoms with E-state index in [9.17, 15) is 45.8 Å². The molecule has 15 heteroatoms. The van der Waals surface area contributed by atoms with Crippen LogP contribution in [-0.2, 0) is 11.0 Å². The van der Waals surface area contributed by atoms with E-state index in [0.29, 0.717) is 15.8 Å². The third kappa shape index (κ3) is 6.68. The van der Waals surface area contributed by atoms with Gasteiger partial charge in [-0.15, -0.1) is 0 Å². The molecule has 226 valence electrons. The average molecular weight is 611 g/mol. The molecule has 0 radical (unpaired) electrons. The van der Waals surface area contributed by atoms with Crippen molar-refractivity contribution in [3.8, 4) is 0 Å². The summed E-state index contributed by atoms with van der Waals surface area (Å²) in [5.41, 5.74) is -6.09. The number of carbonyl (C=O) groups excluding carboxylic acids is 2. The molecule has 0 saturated heterocycles. The molecule has 8 nitrogen and oxygen atoms in total. The molecule has 41 heavy (non-hydrogen) atoms. The summed E-state index contributed by atoms with van der Waals surface area (Å²) >= 11 is 6.06. The number of nitrogens with zero attached hydrogens (tertiary/aromatic N) is 4. The number of aliphatic carboxylic acids is 1. The first-order chi connectivity index (χ1) is 18.7. The molecule has 0 aliphatic heterocycles. The van der Waals surface area contributed by atoms with Gasteiger partial charge in [0, 0.05) is 24.5 Å². The number of alkyl halides is 6. The van der Waals surface area contributed by atoms with Gasteiger partial charge in [0.15, 0.2) is 11.5 Å². The van der Waals surface area contributed by atoms with Gasteiger partial charge in [-0.3, -0.25) is 24.0 Å². The number of aromatic nitrogens is 3.